The van der Waals surface area contributed by atoms with E-state index in [1.165, 1.54) is 16.8 Å². The Balaban J connectivity index is 2.24. The molecule has 1 heterocycles. The number of nitrogens with zero attached hydrogens (tertiary/aromatic N) is 1. The Morgan fingerprint density at radius 3 is 2.52 bits per heavy atom. The summed E-state index contributed by atoms with van der Waals surface area (Å²) in [5, 5.41) is 9.16. The van der Waals surface area contributed by atoms with Crippen molar-refractivity contribution in [2.75, 3.05) is 12.8 Å². The zero-order chi connectivity index (χ0) is 15.8. The maximum atomic E-state index is 12.3. The summed E-state index contributed by atoms with van der Waals surface area (Å²) in [5.74, 6) is -1.13. The molecule has 0 aromatic carbocycles. The van der Waals surface area contributed by atoms with Crippen LogP contribution in [0.3, 0.4) is 0 Å². The summed E-state index contributed by atoms with van der Waals surface area (Å²) >= 11 is 1.67. The monoisotopic (exact) mass is 332 g/mol. The first-order valence-corrected chi connectivity index (χ1v) is 9.41. The SMILES string of the molecule is CSC1(CNS(=O)(=O)c2cc(C(=O)O)n(C(C)C)c2)CC1. The Hall–Kier alpha value is -0.990. The lowest BCUT2D eigenvalue weighted by Crippen LogP contribution is -2.31. The fourth-order valence-electron chi connectivity index (χ4n) is 2.10. The summed E-state index contributed by atoms with van der Waals surface area (Å²) in [6, 6.07) is 1.09. The molecule has 0 bridgehead atoms. The van der Waals surface area contributed by atoms with E-state index in [2.05, 4.69) is 4.72 Å². The Morgan fingerprint density at radius 2 is 2.14 bits per heavy atom. The Kier molecular flexibility index (Phi) is 4.41. The molecule has 8 heteroatoms. The van der Waals surface area contributed by atoms with Gasteiger partial charge in [0.2, 0.25) is 10.0 Å². The van der Waals surface area contributed by atoms with Crippen LogP contribution in [-0.2, 0) is 10.0 Å². The van der Waals surface area contributed by atoms with Crippen LogP contribution in [0, 0.1) is 0 Å². The topological polar surface area (TPSA) is 88.4 Å². The fourth-order valence-corrected chi connectivity index (χ4v) is 4.07. The molecular formula is C13H20N2O4S2. The number of aromatic carboxylic acids is 1. The summed E-state index contributed by atoms with van der Waals surface area (Å²) in [4.78, 5) is 11.2. The highest BCUT2D eigenvalue weighted by Crippen LogP contribution is 2.46. The van der Waals surface area contributed by atoms with Gasteiger partial charge in [-0.2, -0.15) is 11.8 Å². The van der Waals surface area contributed by atoms with Crippen molar-refractivity contribution in [1.82, 2.24) is 9.29 Å². The van der Waals surface area contributed by atoms with Crippen LogP contribution in [0.15, 0.2) is 17.2 Å². The first kappa shape index (κ1) is 16.4. The van der Waals surface area contributed by atoms with Crippen molar-refractivity contribution in [2.24, 2.45) is 0 Å². The van der Waals surface area contributed by atoms with E-state index in [0.717, 1.165) is 12.8 Å². The highest BCUT2D eigenvalue weighted by Gasteiger charge is 2.42. The van der Waals surface area contributed by atoms with Crippen molar-refractivity contribution in [2.45, 2.75) is 42.4 Å². The molecule has 118 valence electrons. The minimum Gasteiger partial charge on any atom is -0.477 e. The first-order chi connectivity index (χ1) is 9.71. The predicted molar refractivity (Wildman–Crippen MR) is 82.4 cm³/mol. The van der Waals surface area contributed by atoms with Gasteiger partial charge in [-0.25, -0.2) is 17.9 Å². The average molecular weight is 332 g/mol. The second-order valence-corrected chi connectivity index (χ2v) is 8.62. The molecule has 0 aliphatic heterocycles. The quantitative estimate of drug-likeness (QED) is 0.796. The molecule has 0 atom stereocenters. The lowest BCUT2D eigenvalue weighted by Gasteiger charge is -2.12. The zero-order valence-corrected chi connectivity index (χ0v) is 13.9. The number of aromatic nitrogens is 1. The van der Waals surface area contributed by atoms with E-state index in [1.54, 1.807) is 11.8 Å². The number of carboxylic acid groups (broad SMARTS) is 1. The number of rotatable bonds is 7. The molecule has 1 fully saturated rings. The Morgan fingerprint density at radius 1 is 1.52 bits per heavy atom. The van der Waals surface area contributed by atoms with E-state index in [4.69, 9.17) is 5.11 Å². The molecule has 6 nitrogen and oxygen atoms in total. The van der Waals surface area contributed by atoms with Crippen molar-refractivity contribution >= 4 is 27.8 Å². The number of thioether (sulfide) groups is 1. The minimum atomic E-state index is -3.68. The van der Waals surface area contributed by atoms with Crippen LogP contribution in [0.4, 0.5) is 0 Å². The molecule has 21 heavy (non-hydrogen) atoms. The van der Waals surface area contributed by atoms with Gasteiger partial charge in [0.1, 0.15) is 10.6 Å². The van der Waals surface area contributed by atoms with Crippen LogP contribution in [0.25, 0.3) is 0 Å². The molecule has 1 aromatic rings. The van der Waals surface area contributed by atoms with Crippen LogP contribution < -0.4 is 4.72 Å². The minimum absolute atomic E-state index is 0.00510. The van der Waals surface area contributed by atoms with E-state index in [1.807, 2.05) is 20.1 Å². The molecule has 0 saturated heterocycles. The highest BCUT2D eigenvalue weighted by atomic mass is 32.2. The summed E-state index contributed by atoms with van der Waals surface area (Å²) in [6.45, 7) is 4.00. The van der Waals surface area contributed by atoms with Gasteiger partial charge in [0.05, 0.1) is 0 Å². The number of hydrogen-bond donors (Lipinski definition) is 2. The predicted octanol–water partition coefficient (Wildman–Crippen LogP) is 1.94. The van der Waals surface area contributed by atoms with Crippen LogP contribution in [0.1, 0.15) is 43.2 Å². The smallest absolute Gasteiger partial charge is 0.352 e. The van der Waals surface area contributed by atoms with E-state index in [0.29, 0.717) is 6.54 Å². The van der Waals surface area contributed by atoms with Gasteiger partial charge in [-0.1, -0.05) is 0 Å². The van der Waals surface area contributed by atoms with Gasteiger partial charge in [-0.05, 0) is 39.0 Å². The summed E-state index contributed by atoms with van der Waals surface area (Å²) in [6.07, 6.45) is 5.36. The van der Waals surface area contributed by atoms with Gasteiger partial charge in [-0.3, -0.25) is 0 Å². The number of nitrogens with one attached hydrogen (secondary N) is 1. The third-order valence-electron chi connectivity index (χ3n) is 3.73. The van der Waals surface area contributed by atoms with Gasteiger partial charge in [0.15, 0.2) is 0 Å². The lowest BCUT2D eigenvalue weighted by molar-refractivity contribution is 0.0683. The van der Waals surface area contributed by atoms with Crippen molar-refractivity contribution in [3.63, 3.8) is 0 Å². The van der Waals surface area contributed by atoms with Gasteiger partial charge in [0.25, 0.3) is 0 Å². The standard InChI is InChI=1S/C13H20N2O4S2/c1-9(2)15-7-10(6-11(15)12(16)17)21(18,19)14-8-13(20-3)4-5-13/h6-7,9,14H,4-5,8H2,1-3H3,(H,16,17). The largest absolute Gasteiger partial charge is 0.477 e. The number of hydrogen-bond acceptors (Lipinski definition) is 4. The van der Waals surface area contributed by atoms with Crippen molar-refractivity contribution in [3.8, 4) is 0 Å². The number of carbonyl (C=O) groups is 1. The molecule has 1 saturated carbocycles. The molecule has 1 aliphatic rings. The molecule has 2 N–H and O–H groups in total. The second-order valence-electron chi connectivity index (χ2n) is 5.58. The first-order valence-electron chi connectivity index (χ1n) is 6.71. The average Bonchev–Trinajstić information content (AvgIpc) is 3.03. The molecule has 0 radical (unpaired) electrons. The van der Waals surface area contributed by atoms with Gasteiger partial charge < -0.3 is 9.67 Å². The summed E-state index contributed by atoms with van der Waals surface area (Å²) < 4.78 is 28.7. The third-order valence-corrected chi connectivity index (χ3v) is 6.52. The number of sulfonamides is 1. The summed E-state index contributed by atoms with van der Waals surface area (Å²) in [7, 11) is -3.68. The third kappa shape index (κ3) is 3.44. The van der Waals surface area contributed by atoms with Crippen molar-refractivity contribution < 1.29 is 18.3 Å². The second kappa shape index (κ2) is 5.66. The van der Waals surface area contributed by atoms with Crippen LogP contribution in [0.2, 0.25) is 0 Å². The van der Waals surface area contributed by atoms with E-state index < -0.39 is 16.0 Å². The lowest BCUT2D eigenvalue weighted by atomic mass is 10.3. The molecule has 0 unspecified atom stereocenters. The van der Waals surface area contributed by atoms with E-state index in [9.17, 15) is 13.2 Å². The Bertz CT molecular complexity index is 645. The maximum Gasteiger partial charge on any atom is 0.352 e. The fraction of sp³-hybridized carbons (Fsp3) is 0.615. The van der Waals surface area contributed by atoms with Gasteiger partial charge in [0, 0.05) is 23.5 Å². The van der Waals surface area contributed by atoms with Crippen LogP contribution in [-0.4, -0.2) is 41.6 Å². The highest BCUT2D eigenvalue weighted by molar-refractivity contribution is 8.00. The Labute approximate surface area is 129 Å². The molecule has 0 spiro atoms. The summed E-state index contributed by atoms with van der Waals surface area (Å²) in [5.41, 5.74) is -0.0172. The van der Waals surface area contributed by atoms with Gasteiger partial charge in [-0.15, -0.1) is 0 Å². The molecule has 0 amide bonds. The van der Waals surface area contributed by atoms with Crippen LogP contribution in [0.5, 0.6) is 0 Å². The molecule has 1 aliphatic carbocycles. The van der Waals surface area contributed by atoms with Crippen molar-refractivity contribution in [3.05, 3.63) is 18.0 Å². The normalized spacial score (nSPS) is 17.1. The molecular weight excluding hydrogens is 312 g/mol. The van der Waals surface area contributed by atoms with Gasteiger partial charge >= 0.3 is 5.97 Å². The maximum absolute atomic E-state index is 12.3. The van der Waals surface area contributed by atoms with E-state index in [-0.39, 0.29) is 21.4 Å². The molecule has 2 rings (SSSR count). The number of carboxylic acids is 1. The van der Waals surface area contributed by atoms with E-state index >= 15 is 0 Å². The van der Waals surface area contributed by atoms with Crippen LogP contribution >= 0.6 is 11.8 Å². The molecule has 1 aromatic heterocycles. The zero-order valence-electron chi connectivity index (χ0n) is 12.3. The van der Waals surface area contributed by atoms with Crippen molar-refractivity contribution in [1.29, 1.82) is 0 Å².